The molecule has 1 saturated carbocycles. The van der Waals surface area contributed by atoms with Crippen molar-refractivity contribution < 1.29 is 9.59 Å². The minimum absolute atomic E-state index is 0.0800. The number of hydrogen-bond acceptors (Lipinski definition) is 3. The second-order valence-corrected chi connectivity index (χ2v) is 34.7. The van der Waals surface area contributed by atoms with E-state index in [9.17, 15) is 9.59 Å². The summed E-state index contributed by atoms with van der Waals surface area (Å²) in [5, 5.41) is 11.3. The summed E-state index contributed by atoms with van der Waals surface area (Å²) in [6.07, 6.45) is 11.0. The van der Waals surface area contributed by atoms with Crippen molar-refractivity contribution in [3.8, 4) is 39.4 Å². The van der Waals surface area contributed by atoms with E-state index < -0.39 is 0 Å². The molecule has 0 heterocycles. The van der Waals surface area contributed by atoms with Crippen molar-refractivity contribution >= 4 is 22.3 Å². The van der Waals surface area contributed by atoms with Crippen LogP contribution in [0.15, 0.2) is 351 Å². The van der Waals surface area contributed by atoms with E-state index in [-0.39, 0.29) is 28.8 Å². The van der Waals surface area contributed by atoms with E-state index in [2.05, 4.69) is 380 Å². The van der Waals surface area contributed by atoms with Crippen molar-refractivity contribution in [3.05, 3.63) is 496 Å². The first kappa shape index (κ1) is 87.7. The maximum Gasteiger partial charge on any atom is 0.171 e. The molecule has 0 aromatic heterocycles. The molecule has 3 heteroatoms. The molecule has 5 aliphatic carbocycles. The Kier molecular flexibility index (Phi) is 28.5. The monoisotopic (exact) mass is 1600 g/mol. The fourth-order valence-electron chi connectivity index (χ4n) is 18.3. The highest BCUT2D eigenvalue weighted by molar-refractivity contribution is 6.18. The predicted octanol–water partition coefficient (Wildman–Crippen LogP) is 30.9. The molecule has 20 rings (SSSR count). The van der Waals surface area contributed by atoms with Gasteiger partial charge in [0.05, 0.1) is 28.9 Å². The number of aryl methyl sites for hydroxylation is 15. The minimum Gasteiger partial charge on any atom is -0.293 e. The number of allylic oxidation sites excluding steroid dienone is 4. The van der Waals surface area contributed by atoms with Crippen LogP contribution < -0.4 is 0 Å². The Bertz CT molecular complexity index is 6020. The van der Waals surface area contributed by atoms with Gasteiger partial charge in [-0.05, 0) is 265 Å². The average Bonchev–Trinajstić information content (AvgIpc) is 1.55. The minimum atomic E-state index is -0.309. The Morgan fingerprint density at radius 1 is 0.325 bits per heavy atom. The van der Waals surface area contributed by atoms with Crippen molar-refractivity contribution in [2.24, 2.45) is 11.8 Å². The maximum atomic E-state index is 12.5. The van der Waals surface area contributed by atoms with E-state index >= 15 is 0 Å². The number of ketones is 2. The summed E-state index contributed by atoms with van der Waals surface area (Å²) < 4.78 is 0. The largest absolute Gasteiger partial charge is 0.293 e. The lowest BCUT2D eigenvalue weighted by atomic mass is 9.67. The Morgan fingerprint density at radius 3 is 1.12 bits per heavy atom. The summed E-state index contributed by atoms with van der Waals surface area (Å²) >= 11 is 0. The number of benzene rings is 15. The Hall–Kier alpha value is -13.1. The van der Waals surface area contributed by atoms with Gasteiger partial charge in [-0.3, -0.25) is 9.59 Å². The van der Waals surface area contributed by atoms with Gasteiger partial charge in [-0.2, -0.15) is 5.26 Å². The molecule has 2 bridgehead atoms. The second-order valence-electron chi connectivity index (χ2n) is 34.7. The molecule has 15 aromatic carbocycles. The van der Waals surface area contributed by atoms with Gasteiger partial charge in [-0.15, -0.1) is 0 Å². The Labute approximate surface area is 733 Å². The van der Waals surface area contributed by atoms with Crippen LogP contribution in [0.2, 0.25) is 0 Å². The smallest absolute Gasteiger partial charge is 0.171 e. The summed E-state index contributed by atoms with van der Waals surface area (Å²) in [7, 11) is 0. The second kappa shape index (κ2) is 40.0. The number of fused-ring (bicyclic) bond motifs is 11. The van der Waals surface area contributed by atoms with Crippen molar-refractivity contribution in [2.45, 2.75) is 154 Å². The van der Waals surface area contributed by atoms with Crippen LogP contribution in [0.3, 0.4) is 0 Å². The zero-order valence-corrected chi connectivity index (χ0v) is 74.8. The standard InChI is InChI=1S/C27H22.C16H14O2.C15H16.2C14H14.C13H16.C12H12.C9H9N/c1-19-11-15-21(16-12-19)27(22-17-13-20(2)14-18-22)25-9-5-3-7-23(25)24-8-4-6-10-26(24)27;1-9-5-3-7-11-13(9)15(17)12-8-4-6-10(2)14(12)16(11)18;1-12-3-7-14(8-4-12)11-15-9-5-13(2)6-10-15;1-11-3-7-13(8-4-11)14-9-5-12(2)6-10-14;1-11-5-3-7-13(9-11)14-8-4-6-12(2)10-14;1-8-3-4-9(2)13-11-6-5-10(7-11)12(8)13;1-9-3-5-11-6-4-10(2)8-12(11)7-9;1-7-4-3-5-8(2)9(7)6-10/h3-18H,1-2H3;3-8,11,13H,1-2H3;3-10H,11H2,1-2H3;2*3-10H,1-2H3;3-4,10-11H,5-7H2,1-2H3;3-8H,1-2H3;3-5H,1-2H3. The van der Waals surface area contributed by atoms with Crippen LogP contribution in [0.1, 0.15) is 192 Å². The SMILES string of the molecule is CC1=CC=CC2C(=O)c3c(C)cccc3C(=O)C12.Cc1ccc(-c2ccc(C)cc2)cc1.Cc1ccc(C)c2c1C1CCC2C1.Cc1ccc(C2(c3ccc(C)cc3)c3ccccc3-c3ccccc32)cc1.Cc1ccc(Cc2ccc(C)cc2)cc1.Cc1ccc2ccc(C)cc2c1.Cc1cccc(-c2cccc(C)c2)c1.Cc1cccc(C)c1C#N. The van der Waals surface area contributed by atoms with Crippen molar-refractivity contribution in [1.29, 1.82) is 5.26 Å². The van der Waals surface area contributed by atoms with Gasteiger partial charge in [0, 0.05) is 11.1 Å². The van der Waals surface area contributed by atoms with Crippen LogP contribution in [-0.2, 0) is 11.8 Å². The first-order chi connectivity index (χ1) is 59.3. The van der Waals surface area contributed by atoms with Gasteiger partial charge in [0.2, 0.25) is 0 Å². The van der Waals surface area contributed by atoms with Crippen LogP contribution in [0.25, 0.3) is 44.2 Å². The molecule has 0 saturated heterocycles. The van der Waals surface area contributed by atoms with Gasteiger partial charge in [-0.25, -0.2) is 0 Å². The summed E-state index contributed by atoms with van der Waals surface area (Å²) in [5.41, 5.74) is 41.4. The zero-order chi connectivity index (χ0) is 87.0. The highest BCUT2D eigenvalue weighted by atomic mass is 16.1. The average molecular weight is 1610 g/mol. The number of nitriles is 1. The number of hydrogen-bond donors (Lipinski definition) is 0. The van der Waals surface area contributed by atoms with Gasteiger partial charge in [0.1, 0.15) is 0 Å². The van der Waals surface area contributed by atoms with E-state index in [4.69, 9.17) is 5.26 Å². The van der Waals surface area contributed by atoms with Crippen molar-refractivity contribution in [3.63, 3.8) is 0 Å². The lowest BCUT2D eigenvalue weighted by Gasteiger charge is -2.34. The molecule has 0 radical (unpaired) electrons. The van der Waals surface area contributed by atoms with Crippen molar-refractivity contribution in [1.82, 2.24) is 0 Å². The highest BCUT2D eigenvalue weighted by Gasteiger charge is 2.46. The van der Waals surface area contributed by atoms with E-state index in [1.807, 2.05) is 76.3 Å². The molecule has 0 N–H and O–H groups in total. The number of carbonyl (C=O) groups is 2. The molecular weight excluding hydrogens is 1490 g/mol. The van der Waals surface area contributed by atoms with Crippen LogP contribution >= 0.6 is 0 Å². The summed E-state index contributed by atoms with van der Waals surface area (Å²) in [5.74, 6) is 1.39. The third-order valence-corrected chi connectivity index (χ3v) is 25.0. The lowest BCUT2D eigenvalue weighted by molar-refractivity contribution is 0.0793. The van der Waals surface area contributed by atoms with Crippen LogP contribution in [0.5, 0.6) is 0 Å². The van der Waals surface area contributed by atoms with Crippen LogP contribution in [0, 0.1) is 127 Å². The molecule has 0 amide bonds. The summed E-state index contributed by atoms with van der Waals surface area (Å²) in [6, 6.07) is 119. The zero-order valence-electron chi connectivity index (χ0n) is 74.8. The number of Topliss-reactive ketones (excluding diaryl/α,β-unsaturated/α-hetero) is 2. The molecule has 123 heavy (non-hydrogen) atoms. The van der Waals surface area contributed by atoms with E-state index in [1.165, 1.54) is 164 Å². The number of nitrogens with zero attached hydrogens (tertiary/aromatic N) is 1. The molecular formula is C120H117NO2. The van der Waals surface area contributed by atoms with E-state index in [0.717, 1.165) is 46.1 Å². The molecule has 15 aromatic rings. The predicted molar refractivity (Wildman–Crippen MR) is 520 cm³/mol. The quantitative estimate of drug-likeness (QED) is 0.167. The summed E-state index contributed by atoms with van der Waals surface area (Å²) in [6.45, 7) is 33.5. The van der Waals surface area contributed by atoms with Gasteiger partial charge in [0.15, 0.2) is 11.6 Å². The third-order valence-electron chi connectivity index (χ3n) is 25.0. The maximum absolute atomic E-state index is 12.5. The number of carbonyl (C=O) groups excluding carboxylic acids is 2. The van der Waals surface area contributed by atoms with E-state index in [1.54, 1.807) is 17.2 Å². The number of rotatable bonds is 6. The third kappa shape index (κ3) is 20.7. The molecule has 0 spiro atoms. The molecule has 3 nitrogen and oxygen atoms in total. The first-order valence-electron chi connectivity index (χ1n) is 43.6. The van der Waals surface area contributed by atoms with Gasteiger partial charge < -0.3 is 0 Å². The molecule has 4 atom stereocenters. The fourth-order valence-corrected chi connectivity index (χ4v) is 18.3. The van der Waals surface area contributed by atoms with E-state index in [0.29, 0.717) is 11.1 Å². The normalized spacial score (nSPS) is 15.2. The first-order valence-corrected chi connectivity index (χ1v) is 43.6. The Morgan fingerprint density at radius 2 is 0.699 bits per heavy atom. The molecule has 0 aliphatic heterocycles. The molecule has 5 aliphatic rings. The lowest BCUT2D eigenvalue weighted by Crippen LogP contribution is -2.37. The van der Waals surface area contributed by atoms with Crippen LogP contribution in [0.4, 0.5) is 0 Å². The molecule has 614 valence electrons. The van der Waals surface area contributed by atoms with Gasteiger partial charge >= 0.3 is 0 Å². The Balaban J connectivity index is 0.000000123. The molecule has 4 unspecified atom stereocenters. The topological polar surface area (TPSA) is 57.9 Å². The molecule has 1 fully saturated rings. The van der Waals surface area contributed by atoms with Crippen molar-refractivity contribution in [2.75, 3.05) is 0 Å². The van der Waals surface area contributed by atoms with Gasteiger partial charge in [-0.1, -0.05) is 407 Å². The van der Waals surface area contributed by atoms with Gasteiger partial charge in [0.25, 0.3) is 0 Å². The highest BCUT2D eigenvalue weighted by Crippen LogP contribution is 2.57. The fraction of sp³-hybridized carbons (Fsp3) is 0.208. The van der Waals surface area contributed by atoms with Crippen LogP contribution in [-0.4, -0.2) is 11.6 Å². The summed E-state index contributed by atoms with van der Waals surface area (Å²) in [4.78, 5) is 25.1.